The zero-order valence-corrected chi connectivity index (χ0v) is 15.5. The second-order valence-electron chi connectivity index (χ2n) is 7.49. The predicted octanol–water partition coefficient (Wildman–Crippen LogP) is 4.09. The van der Waals surface area contributed by atoms with Gasteiger partial charge < -0.3 is 18.9 Å². The average Bonchev–Trinajstić information content (AvgIpc) is 3.07. The molecule has 0 aliphatic carbocycles. The summed E-state index contributed by atoms with van der Waals surface area (Å²) in [5.41, 5.74) is 1.37. The van der Waals surface area contributed by atoms with Crippen LogP contribution in [-0.4, -0.2) is 37.5 Å². The molecule has 0 aromatic heterocycles. The molecule has 2 fully saturated rings. The van der Waals surface area contributed by atoms with Crippen LogP contribution in [0.5, 0.6) is 0 Å². The van der Waals surface area contributed by atoms with Crippen molar-refractivity contribution < 1.29 is 18.9 Å². The van der Waals surface area contributed by atoms with E-state index in [9.17, 15) is 0 Å². The summed E-state index contributed by atoms with van der Waals surface area (Å²) < 4.78 is 23.7. The van der Waals surface area contributed by atoms with Crippen molar-refractivity contribution in [2.75, 3.05) is 7.11 Å². The molecule has 25 heavy (non-hydrogen) atoms. The number of ether oxygens (including phenoxy) is 4. The van der Waals surface area contributed by atoms with Crippen LogP contribution in [0.2, 0.25) is 0 Å². The van der Waals surface area contributed by atoms with Gasteiger partial charge >= 0.3 is 0 Å². The third-order valence-corrected chi connectivity index (χ3v) is 5.09. The van der Waals surface area contributed by atoms with Crippen LogP contribution >= 0.6 is 0 Å². The van der Waals surface area contributed by atoms with E-state index in [1.165, 1.54) is 5.56 Å². The summed E-state index contributed by atoms with van der Waals surface area (Å²) in [6, 6.07) is 10.6. The van der Waals surface area contributed by atoms with E-state index in [1.807, 2.05) is 19.9 Å². The molecule has 0 N–H and O–H groups in total. The Morgan fingerprint density at radius 3 is 2.60 bits per heavy atom. The van der Waals surface area contributed by atoms with Crippen molar-refractivity contribution in [3.63, 3.8) is 0 Å². The number of aryl methyl sites for hydroxylation is 1. The third kappa shape index (κ3) is 4.50. The zero-order valence-electron chi connectivity index (χ0n) is 15.5. The van der Waals surface area contributed by atoms with Crippen LogP contribution in [-0.2, 0) is 25.4 Å². The topological polar surface area (TPSA) is 36.9 Å². The van der Waals surface area contributed by atoms with E-state index in [-0.39, 0.29) is 24.6 Å². The van der Waals surface area contributed by atoms with Crippen molar-refractivity contribution in [2.24, 2.45) is 5.92 Å². The maximum Gasteiger partial charge on any atom is 0.186 e. The van der Waals surface area contributed by atoms with Crippen molar-refractivity contribution in [1.29, 1.82) is 0 Å². The molecule has 0 radical (unpaired) electrons. The number of hydrogen-bond donors (Lipinski definition) is 0. The minimum atomic E-state index is -0.577. The highest BCUT2D eigenvalue weighted by Crippen LogP contribution is 2.41. The monoisotopic (exact) mass is 346 g/mol. The Morgan fingerprint density at radius 2 is 1.92 bits per heavy atom. The zero-order chi connectivity index (χ0) is 17.9. The van der Waals surface area contributed by atoms with E-state index >= 15 is 0 Å². The largest absolute Gasteiger partial charge is 0.353 e. The molecule has 1 unspecified atom stereocenters. The Morgan fingerprint density at radius 1 is 1.20 bits per heavy atom. The first kappa shape index (κ1) is 18.6. The highest BCUT2D eigenvalue weighted by atomic mass is 16.8. The fourth-order valence-corrected chi connectivity index (χ4v) is 3.93. The maximum atomic E-state index is 6.11. The molecule has 3 rings (SSSR count). The lowest BCUT2D eigenvalue weighted by molar-refractivity contribution is -0.228. The van der Waals surface area contributed by atoms with Gasteiger partial charge in [-0.2, -0.15) is 0 Å². The smallest absolute Gasteiger partial charge is 0.186 e. The van der Waals surface area contributed by atoms with Gasteiger partial charge in [0.05, 0.1) is 6.10 Å². The second kappa shape index (κ2) is 8.00. The molecule has 0 amide bonds. The average molecular weight is 346 g/mol. The summed E-state index contributed by atoms with van der Waals surface area (Å²) in [4.78, 5) is 0. The molecule has 5 atom stereocenters. The standard InChI is InChI=1S/C21H30O4/c1-5-9-16(13-12-15-10-7-6-8-11-15)14-17-18-19(20(22-4)23-17)25-21(2,3)24-18/h5-8,10-11,16-20H,1,9,12-14H2,2-4H3/t16-,17-,18+,19?,20-/m1/s1. The lowest BCUT2D eigenvalue weighted by Gasteiger charge is -2.26. The molecule has 4 heteroatoms. The van der Waals surface area contributed by atoms with Gasteiger partial charge in [0.2, 0.25) is 0 Å². The van der Waals surface area contributed by atoms with Gasteiger partial charge in [0, 0.05) is 7.11 Å². The van der Waals surface area contributed by atoms with E-state index in [1.54, 1.807) is 7.11 Å². The highest BCUT2D eigenvalue weighted by Gasteiger charge is 2.55. The predicted molar refractivity (Wildman–Crippen MR) is 97.2 cm³/mol. The Kier molecular flexibility index (Phi) is 5.95. The number of fused-ring (bicyclic) bond motifs is 1. The van der Waals surface area contributed by atoms with Gasteiger partial charge in [-0.15, -0.1) is 6.58 Å². The first-order valence-corrected chi connectivity index (χ1v) is 9.21. The molecular formula is C21H30O4. The number of rotatable bonds is 8. The molecule has 2 aliphatic rings. The summed E-state index contributed by atoms with van der Waals surface area (Å²) in [5, 5.41) is 0. The fourth-order valence-electron chi connectivity index (χ4n) is 3.93. The van der Waals surface area contributed by atoms with Crippen LogP contribution in [0.4, 0.5) is 0 Å². The molecule has 0 spiro atoms. The van der Waals surface area contributed by atoms with Gasteiger partial charge in [0.1, 0.15) is 12.2 Å². The first-order chi connectivity index (χ1) is 12.0. The van der Waals surface area contributed by atoms with Crippen molar-refractivity contribution in [3.8, 4) is 0 Å². The molecular weight excluding hydrogens is 316 g/mol. The number of benzene rings is 1. The maximum absolute atomic E-state index is 6.11. The van der Waals surface area contributed by atoms with Crippen molar-refractivity contribution in [2.45, 2.75) is 69.9 Å². The number of methoxy groups -OCH3 is 1. The van der Waals surface area contributed by atoms with Gasteiger partial charge in [0.25, 0.3) is 0 Å². The molecule has 2 heterocycles. The Bertz CT molecular complexity index is 556. The normalized spacial score (nSPS) is 31.6. The van der Waals surface area contributed by atoms with E-state index in [2.05, 4.69) is 36.9 Å². The van der Waals surface area contributed by atoms with Crippen LogP contribution < -0.4 is 0 Å². The molecule has 2 aliphatic heterocycles. The summed E-state index contributed by atoms with van der Waals surface area (Å²) in [5.74, 6) is -0.0715. The van der Waals surface area contributed by atoms with Crippen LogP contribution in [0.1, 0.15) is 38.7 Å². The van der Waals surface area contributed by atoms with E-state index in [4.69, 9.17) is 18.9 Å². The van der Waals surface area contributed by atoms with E-state index in [0.29, 0.717) is 5.92 Å². The van der Waals surface area contributed by atoms with Crippen LogP contribution in [0.25, 0.3) is 0 Å². The lowest BCUT2D eigenvalue weighted by Crippen LogP contribution is -2.31. The quantitative estimate of drug-likeness (QED) is 0.664. The Hall–Kier alpha value is -1.20. The SMILES string of the molecule is C=CC[C@H](CCc1ccccc1)C[C@H]1O[C@@H](OC)C2OC(C)(C)O[C@H]21. The van der Waals surface area contributed by atoms with Gasteiger partial charge in [0.15, 0.2) is 12.1 Å². The Labute approximate surface area is 151 Å². The highest BCUT2D eigenvalue weighted by molar-refractivity contribution is 5.14. The summed E-state index contributed by atoms with van der Waals surface area (Å²) >= 11 is 0. The third-order valence-electron chi connectivity index (χ3n) is 5.09. The van der Waals surface area contributed by atoms with E-state index < -0.39 is 5.79 Å². The summed E-state index contributed by atoms with van der Waals surface area (Å²) in [7, 11) is 1.66. The number of allylic oxidation sites excluding steroid dienone is 1. The van der Waals surface area contributed by atoms with Gasteiger partial charge in [-0.1, -0.05) is 36.4 Å². The van der Waals surface area contributed by atoms with Gasteiger partial charge in [-0.05, 0) is 51.0 Å². The molecule has 1 aromatic carbocycles. The molecule has 0 bridgehead atoms. The van der Waals surface area contributed by atoms with Crippen molar-refractivity contribution >= 4 is 0 Å². The van der Waals surface area contributed by atoms with Crippen LogP contribution in [0, 0.1) is 5.92 Å². The summed E-state index contributed by atoms with van der Waals surface area (Å²) in [6.07, 6.45) is 5.52. The van der Waals surface area contributed by atoms with Crippen LogP contribution in [0.3, 0.4) is 0 Å². The van der Waals surface area contributed by atoms with Crippen molar-refractivity contribution in [1.82, 2.24) is 0 Å². The molecule has 138 valence electrons. The summed E-state index contributed by atoms with van der Waals surface area (Å²) in [6.45, 7) is 7.83. The van der Waals surface area contributed by atoms with Gasteiger partial charge in [-0.3, -0.25) is 0 Å². The minimum Gasteiger partial charge on any atom is -0.353 e. The number of hydrogen-bond acceptors (Lipinski definition) is 4. The second-order valence-corrected chi connectivity index (χ2v) is 7.49. The fraction of sp³-hybridized carbons (Fsp3) is 0.619. The Balaban J connectivity index is 1.62. The minimum absolute atomic E-state index is 0.00236. The van der Waals surface area contributed by atoms with Crippen molar-refractivity contribution in [3.05, 3.63) is 48.6 Å². The van der Waals surface area contributed by atoms with E-state index in [0.717, 1.165) is 25.7 Å². The van der Waals surface area contributed by atoms with Gasteiger partial charge in [-0.25, -0.2) is 0 Å². The molecule has 2 saturated heterocycles. The molecule has 1 aromatic rings. The first-order valence-electron chi connectivity index (χ1n) is 9.21. The van der Waals surface area contributed by atoms with Crippen LogP contribution in [0.15, 0.2) is 43.0 Å². The molecule has 4 nitrogen and oxygen atoms in total. The lowest BCUT2D eigenvalue weighted by atomic mass is 9.89. The molecule has 0 saturated carbocycles.